The minimum absolute atomic E-state index is 0.311. The average Bonchev–Trinajstić information content (AvgIpc) is 3.87. The van der Waals surface area contributed by atoms with E-state index in [1.165, 1.54) is 70.8 Å². The Kier molecular flexibility index (Phi) is 6.45. The molecule has 4 nitrogen and oxygen atoms in total. The first-order valence-electron chi connectivity index (χ1n) is 18.7. The molecule has 0 bridgehead atoms. The Morgan fingerprint density at radius 3 is 2.15 bits per heavy atom. The molecule has 2 aliphatic rings. The maximum absolute atomic E-state index is 5.69. The topological polar surface area (TPSA) is 33.7 Å². The van der Waals surface area contributed by atoms with Crippen LogP contribution in [0, 0.1) is 0 Å². The van der Waals surface area contributed by atoms with Crippen LogP contribution in [0.2, 0.25) is 0 Å². The van der Waals surface area contributed by atoms with E-state index in [1.807, 2.05) is 0 Å². The number of allylic oxidation sites excluding steroid dienone is 5. The third kappa shape index (κ3) is 4.33. The van der Waals surface area contributed by atoms with E-state index in [2.05, 4.69) is 190 Å². The van der Waals surface area contributed by atoms with Crippen LogP contribution < -0.4 is 5.32 Å². The van der Waals surface area contributed by atoms with Gasteiger partial charge in [0.1, 0.15) is 12.0 Å². The zero-order valence-corrected chi connectivity index (χ0v) is 30.5. The number of aromatic nitrogens is 2. The van der Waals surface area contributed by atoms with Crippen molar-refractivity contribution in [3.63, 3.8) is 0 Å². The van der Waals surface area contributed by atoms with Gasteiger partial charge in [-0.2, -0.15) is 0 Å². The molecule has 5 heterocycles. The number of nitrogens with one attached hydrogen (secondary N) is 1. The summed E-state index contributed by atoms with van der Waals surface area (Å²) >= 11 is 1.69. The van der Waals surface area contributed by atoms with Crippen LogP contribution in [0.15, 0.2) is 197 Å². The van der Waals surface area contributed by atoms with Crippen LogP contribution in [0.25, 0.3) is 81.8 Å². The van der Waals surface area contributed by atoms with E-state index in [0.29, 0.717) is 0 Å². The summed E-state index contributed by atoms with van der Waals surface area (Å²) in [6, 6.07) is 52.9. The van der Waals surface area contributed by atoms with Crippen molar-refractivity contribution >= 4 is 88.3 Å². The van der Waals surface area contributed by atoms with E-state index in [-0.39, 0.29) is 6.17 Å². The number of benzene rings is 7. The fraction of sp³-hybridized carbons (Fsp3) is 0.0200. The van der Waals surface area contributed by atoms with Gasteiger partial charge in [-0.25, -0.2) is 4.99 Å². The third-order valence-electron chi connectivity index (χ3n) is 11.5. The van der Waals surface area contributed by atoms with E-state index in [9.17, 15) is 0 Å². The Hall–Kier alpha value is -6.82. The normalized spacial score (nSPS) is 17.3. The SMILES string of the molecule is C=C1/C=C\C=C/SC2=C1C(n1c3ccccc3c3cc4c5ccc6ccccc6c5n5c6ccccc6c(c31)c45)=NC(c1ccc(-c3ccccc3)cc1)N2. The van der Waals surface area contributed by atoms with Gasteiger partial charge < -0.3 is 9.72 Å². The van der Waals surface area contributed by atoms with Gasteiger partial charge in [-0.15, -0.1) is 0 Å². The van der Waals surface area contributed by atoms with Crippen LogP contribution in [0.3, 0.4) is 0 Å². The molecule has 3 aromatic heterocycles. The number of hydrogen-bond donors (Lipinski definition) is 1. The van der Waals surface area contributed by atoms with Gasteiger partial charge in [0.25, 0.3) is 0 Å². The molecule has 258 valence electrons. The van der Waals surface area contributed by atoms with Crippen LogP contribution in [-0.2, 0) is 0 Å². The second-order valence-corrected chi connectivity index (χ2v) is 15.4. The maximum atomic E-state index is 5.69. The van der Waals surface area contributed by atoms with Crippen molar-refractivity contribution in [1.29, 1.82) is 0 Å². The predicted octanol–water partition coefficient (Wildman–Crippen LogP) is 12.9. The number of hydrogen-bond acceptors (Lipinski definition) is 3. The summed E-state index contributed by atoms with van der Waals surface area (Å²) in [5.41, 5.74) is 11.4. The first kappa shape index (κ1) is 30.6. The van der Waals surface area contributed by atoms with E-state index in [0.717, 1.165) is 38.6 Å². The van der Waals surface area contributed by atoms with Crippen molar-refractivity contribution < 1.29 is 0 Å². The van der Waals surface area contributed by atoms with Gasteiger partial charge in [-0.05, 0) is 51.3 Å². The monoisotopic (exact) mass is 720 g/mol. The average molecular weight is 721 g/mol. The standard InChI is InChI=1S/C50H32N4S/c1-30-13-11-12-28-55-50-43(30)49(51-48(52-50)34-24-22-32(23-25-34)31-14-3-2-4-15-31)54-41-20-9-7-18-36(41)39-29-40-37-27-26-33-16-5-6-17-35(33)45(37)53-42-21-10-8-19-38(42)44(46(40)53)47(39)54/h2-29,48,52H,1H2/b13-11-,28-12-. The fourth-order valence-corrected chi connectivity index (χ4v) is 9.92. The molecule has 1 atom stereocenters. The first-order valence-corrected chi connectivity index (χ1v) is 19.6. The zero-order chi connectivity index (χ0) is 36.2. The quantitative estimate of drug-likeness (QED) is 0.193. The van der Waals surface area contributed by atoms with Crippen molar-refractivity contribution in [2.75, 3.05) is 0 Å². The highest BCUT2D eigenvalue weighted by Gasteiger charge is 2.31. The molecule has 7 aromatic carbocycles. The fourth-order valence-electron chi connectivity index (χ4n) is 9.10. The van der Waals surface area contributed by atoms with E-state index >= 15 is 0 Å². The third-order valence-corrected chi connectivity index (χ3v) is 12.3. The number of para-hydroxylation sites is 2. The van der Waals surface area contributed by atoms with Crippen molar-refractivity contribution in [2.24, 2.45) is 4.99 Å². The van der Waals surface area contributed by atoms with Crippen LogP contribution in [-0.4, -0.2) is 14.8 Å². The second kappa shape index (κ2) is 11.6. The molecule has 0 fully saturated rings. The van der Waals surface area contributed by atoms with Gasteiger partial charge in [0, 0.05) is 37.7 Å². The highest BCUT2D eigenvalue weighted by molar-refractivity contribution is 8.05. The van der Waals surface area contributed by atoms with Crippen molar-refractivity contribution in [2.45, 2.75) is 6.17 Å². The molecule has 1 unspecified atom stereocenters. The lowest BCUT2D eigenvalue weighted by molar-refractivity contribution is 0.634. The molecular weight excluding hydrogens is 689 g/mol. The van der Waals surface area contributed by atoms with Crippen molar-refractivity contribution in [3.05, 3.63) is 198 Å². The van der Waals surface area contributed by atoms with Crippen LogP contribution in [0.5, 0.6) is 0 Å². The number of nitrogens with zero attached hydrogens (tertiary/aromatic N) is 3. The van der Waals surface area contributed by atoms with E-state index < -0.39 is 0 Å². The smallest absolute Gasteiger partial charge is 0.147 e. The number of thioether (sulfide) groups is 1. The molecule has 0 spiro atoms. The second-order valence-electron chi connectivity index (χ2n) is 14.5. The molecule has 2 aliphatic heterocycles. The molecule has 0 saturated heterocycles. The summed E-state index contributed by atoms with van der Waals surface area (Å²) in [7, 11) is 0. The Balaban J connectivity index is 1.21. The van der Waals surface area contributed by atoms with Gasteiger partial charge in [-0.3, -0.25) is 4.57 Å². The van der Waals surface area contributed by atoms with Crippen molar-refractivity contribution in [3.8, 4) is 11.1 Å². The number of aliphatic imine (C=N–C) groups is 1. The lowest BCUT2D eigenvalue weighted by atomic mass is 10.0. The molecule has 0 saturated carbocycles. The minimum Gasteiger partial charge on any atom is -0.354 e. The summed E-state index contributed by atoms with van der Waals surface area (Å²) in [4.78, 5) is 5.69. The summed E-state index contributed by atoms with van der Waals surface area (Å²) in [5.74, 6) is 0.891. The largest absolute Gasteiger partial charge is 0.354 e. The predicted molar refractivity (Wildman–Crippen MR) is 234 cm³/mol. The zero-order valence-electron chi connectivity index (χ0n) is 29.7. The molecule has 1 N–H and O–H groups in total. The molecule has 0 aliphatic carbocycles. The Morgan fingerprint density at radius 2 is 1.29 bits per heavy atom. The first-order chi connectivity index (χ1) is 27.2. The molecule has 12 rings (SSSR count). The van der Waals surface area contributed by atoms with E-state index in [4.69, 9.17) is 4.99 Å². The summed E-state index contributed by atoms with van der Waals surface area (Å²) in [6.45, 7) is 4.63. The Morgan fingerprint density at radius 1 is 0.582 bits per heavy atom. The molecule has 0 amide bonds. The summed E-state index contributed by atoms with van der Waals surface area (Å²) in [6.07, 6.45) is 5.93. The van der Waals surface area contributed by atoms with Crippen molar-refractivity contribution in [1.82, 2.24) is 14.3 Å². The Labute approximate surface area is 321 Å². The molecule has 10 aromatic rings. The number of rotatable bonds is 2. The highest BCUT2D eigenvalue weighted by Crippen LogP contribution is 2.48. The molecular formula is C50H32N4S. The van der Waals surface area contributed by atoms with Gasteiger partial charge in [0.15, 0.2) is 0 Å². The molecule has 5 heteroatoms. The van der Waals surface area contributed by atoms with Gasteiger partial charge in [0.05, 0.1) is 38.2 Å². The van der Waals surface area contributed by atoms with Gasteiger partial charge >= 0.3 is 0 Å². The summed E-state index contributed by atoms with van der Waals surface area (Å²) in [5, 5.41) is 16.9. The minimum atomic E-state index is -0.311. The maximum Gasteiger partial charge on any atom is 0.147 e. The highest BCUT2D eigenvalue weighted by atomic mass is 32.2. The van der Waals surface area contributed by atoms with Gasteiger partial charge in [0.2, 0.25) is 0 Å². The van der Waals surface area contributed by atoms with Crippen LogP contribution >= 0.6 is 11.8 Å². The molecule has 55 heavy (non-hydrogen) atoms. The number of fused-ring (bicyclic) bond motifs is 12. The van der Waals surface area contributed by atoms with E-state index in [1.54, 1.807) is 11.8 Å². The molecule has 0 radical (unpaired) electrons. The van der Waals surface area contributed by atoms with Gasteiger partial charge in [-0.1, -0.05) is 164 Å². The van der Waals surface area contributed by atoms with Crippen LogP contribution in [0.4, 0.5) is 0 Å². The van der Waals surface area contributed by atoms with Crippen LogP contribution in [0.1, 0.15) is 11.7 Å². The lowest BCUT2D eigenvalue weighted by Gasteiger charge is -2.29. The summed E-state index contributed by atoms with van der Waals surface area (Å²) < 4.78 is 4.96. The lowest BCUT2D eigenvalue weighted by Crippen LogP contribution is -2.31. The Bertz CT molecular complexity index is 3370.